The highest BCUT2D eigenvalue weighted by molar-refractivity contribution is 7.10. The molecule has 5 aliphatic carbocycles. The lowest BCUT2D eigenvalue weighted by Gasteiger charge is -2.73. The Kier molecular flexibility index (Phi) is 5.84. The van der Waals surface area contributed by atoms with Crippen molar-refractivity contribution in [3.8, 4) is 0 Å². The quantitative estimate of drug-likeness (QED) is 0.247. The third kappa shape index (κ3) is 2.94. The summed E-state index contributed by atoms with van der Waals surface area (Å²) >= 11 is 0. The van der Waals surface area contributed by atoms with E-state index in [1.54, 1.807) is 0 Å². The van der Waals surface area contributed by atoms with Gasteiger partial charge in [-0.25, -0.2) is 0 Å². The Hall–Kier alpha value is -0.330. The summed E-state index contributed by atoms with van der Waals surface area (Å²) in [5.74, 6) is 4.32. The van der Waals surface area contributed by atoms with E-state index in [0.29, 0.717) is 39.9 Å². The Labute approximate surface area is 212 Å². The third-order valence-corrected chi connectivity index (χ3v) is 14.0. The predicted octanol–water partition coefficient (Wildman–Crippen LogP) is 8.33. The molecule has 5 rings (SSSR count). The summed E-state index contributed by atoms with van der Waals surface area (Å²) in [7, 11) is 2.50. The molecule has 5 aliphatic rings. The van der Waals surface area contributed by atoms with Gasteiger partial charge in [0.2, 0.25) is 0 Å². The summed E-state index contributed by atoms with van der Waals surface area (Å²) in [5.41, 5.74) is 2.57. The summed E-state index contributed by atoms with van der Waals surface area (Å²) in [4.78, 5) is 0. The summed E-state index contributed by atoms with van der Waals surface area (Å²) in [6.45, 7) is 24.0. The van der Waals surface area contributed by atoms with E-state index in [1.807, 2.05) is 0 Å². The fourth-order valence-electron chi connectivity index (χ4n) is 11.7. The molecule has 1 N–H and O–H groups in total. The van der Waals surface area contributed by atoms with Gasteiger partial charge in [0.25, 0.3) is 0 Å². The molecule has 0 aromatic rings. The molecule has 0 aliphatic heterocycles. The molecule has 0 aromatic carbocycles. The number of hydrogen-bond donors (Lipinski definition) is 1. The molecule has 0 heterocycles. The highest BCUT2D eigenvalue weighted by atomic mass is 31.0. The summed E-state index contributed by atoms with van der Waals surface area (Å²) < 4.78 is 5.86. The van der Waals surface area contributed by atoms with E-state index in [0.717, 1.165) is 18.1 Å². The maximum absolute atomic E-state index is 10.9. The number of hydrogen-bond acceptors (Lipinski definition) is 2. The van der Waals surface area contributed by atoms with Gasteiger partial charge in [-0.1, -0.05) is 53.3 Å². The largest absolute Gasteiger partial charge is 0.485 e. The van der Waals surface area contributed by atoms with E-state index in [9.17, 15) is 5.11 Å². The van der Waals surface area contributed by atoms with Gasteiger partial charge in [-0.2, -0.15) is 0 Å². The van der Waals surface area contributed by atoms with Gasteiger partial charge in [0.15, 0.2) is 0 Å². The van der Waals surface area contributed by atoms with Gasteiger partial charge >= 0.3 is 0 Å². The fraction of sp³-hybridized carbons (Fsp3) is 0.871. The topological polar surface area (TPSA) is 29.5 Å². The third-order valence-electron chi connectivity index (χ3n) is 13.7. The average Bonchev–Trinajstić information content (AvgIpc) is 3.18. The Morgan fingerprint density at radius 3 is 2.18 bits per heavy atom. The maximum atomic E-state index is 10.9. The number of fused-ring (bicyclic) bond motifs is 7. The molecular formula is C31H51O2P. The van der Waals surface area contributed by atoms with Crippen LogP contribution in [0.25, 0.3) is 0 Å². The molecule has 0 amide bonds. The lowest BCUT2D eigenvalue weighted by Crippen LogP contribution is -2.66. The van der Waals surface area contributed by atoms with E-state index in [4.69, 9.17) is 4.52 Å². The first-order valence-electron chi connectivity index (χ1n) is 14.2. The highest BCUT2D eigenvalue weighted by Crippen LogP contribution is 2.78. The molecule has 5 saturated carbocycles. The van der Waals surface area contributed by atoms with Gasteiger partial charge in [0.1, 0.15) is 0 Å². The molecule has 34 heavy (non-hydrogen) atoms. The Morgan fingerprint density at radius 2 is 1.53 bits per heavy atom. The van der Waals surface area contributed by atoms with Crippen molar-refractivity contribution in [2.24, 2.45) is 56.7 Å². The van der Waals surface area contributed by atoms with Crippen molar-refractivity contribution in [3.63, 3.8) is 0 Å². The highest BCUT2D eigenvalue weighted by Gasteiger charge is 2.71. The standard InChI is InChI=1S/C31H51O2P/c1-19(2)21-11-16-31(20(3)33-34)18-17-29(7)22(26(21)31)9-10-24-28(6)14-13-25(32)27(4,5)23(28)12-15-30(24,29)8/h21-26,32H,1,3,9-18,34H2,2,4-8H3/t21-,22+,23-,24+,25-,26+,28-,29+,30+,31+/m0/s1. The van der Waals surface area contributed by atoms with Crippen LogP contribution >= 0.6 is 9.47 Å². The van der Waals surface area contributed by atoms with Crippen molar-refractivity contribution in [2.45, 2.75) is 112 Å². The number of aliphatic hydroxyl groups is 1. The monoisotopic (exact) mass is 486 g/mol. The van der Waals surface area contributed by atoms with Crippen molar-refractivity contribution >= 4 is 9.47 Å². The minimum absolute atomic E-state index is 0.0260. The van der Waals surface area contributed by atoms with Gasteiger partial charge < -0.3 is 9.63 Å². The fourth-order valence-corrected chi connectivity index (χ4v) is 12.0. The van der Waals surface area contributed by atoms with E-state index in [-0.39, 0.29) is 16.9 Å². The van der Waals surface area contributed by atoms with Gasteiger partial charge in [-0.05, 0) is 122 Å². The average molecular weight is 487 g/mol. The summed E-state index contributed by atoms with van der Waals surface area (Å²) in [6.07, 6.45) is 12.3. The van der Waals surface area contributed by atoms with Crippen LogP contribution in [0, 0.1) is 56.7 Å². The molecule has 0 saturated heterocycles. The van der Waals surface area contributed by atoms with E-state index >= 15 is 0 Å². The first-order chi connectivity index (χ1) is 15.8. The molecule has 0 bridgehead atoms. The zero-order valence-corrected chi connectivity index (χ0v) is 24.0. The van der Waals surface area contributed by atoms with Crippen LogP contribution in [0.15, 0.2) is 24.5 Å². The van der Waals surface area contributed by atoms with E-state index in [2.05, 4.69) is 64.2 Å². The number of allylic oxidation sites excluding steroid dienone is 2. The summed E-state index contributed by atoms with van der Waals surface area (Å²) in [5, 5.41) is 10.9. The van der Waals surface area contributed by atoms with E-state index < -0.39 is 0 Å². The van der Waals surface area contributed by atoms with Crippen LogP contribution in [0.5, 0.6) is 0 Å². The van der Waals surface area contributed by atoms with Gasteiger partial charge in [0.05, 0.1) is 21.3 Å². The molecule has 0 spiro atoms. The smallest absolute Gasteiger partial charge is 0.0984 e. The molecule has 1 unspecified atom stereocenters. The minimum atomic E-state index is -0.148. The van der Waals surface area contributed by atoms with Crippen molar-refractivity contribution in [3.05, 3.63) is 24.5 Å². The Balaban J connectivity index is 1.56. The van der Waals surface area contributed by atoms with Crippen LogP contribution in [-0.4, -0.2) is 11.2 Å². The molecule has 0 aromatic heterocycles. The first kappa shape index (κ1) is 25.3. The minimum Gasteiger partial charge on any atom is -0.485 e. The van der Waals surface area contributed by atoms with Gasteiger partial charge in [-0.15, -0.1) is 0 Å². The SMILES string of the molecule is C=C(C)[C@@H]1CC[C@]2(C(=C)OP)CC[C@]3(C)[C@H](CC[C@@H]4[C@@]5(C)CC[C@H](O)C(C)(C)[C@@H]5CC[C@]43C)[C@@H]12. The Morgan fingerprint density at radius 1 is 0.824 bits per heavy atom. The number of rotatable bonds is 3. The van der Waals surface area contributed by atoms with Crippen LogP contribution in [-0.2, 0) is 4.52 Å². The second-order valence-electron chi connectivity index (χ2n) is 14.8. The molecule has 11 atom stereocenters. The molecule has 0 radical (unpaired) electrons. The van der Waals surface area contributed by atoms with Crippen molar-refractivity contribution in [1.29, 1.82) is 0 Å². The van der Waals surface area contributed by atoms with Crippen molar-refractivity contribution < 1.29 is 9.63 Å². The lowest BCUT2D eigenvalue weighted by atomic mass is 9.32. The van der Waals surface area contributed by atoms with E-state index in [1.165, 1.54) is 63.4 Å². The Bertz CT molecular complexity index is 879. The predicted molar refractivity (Wildman–Crippen MR) is 145 cm³/mol. The van der Waals surface area contributed by atoms with Crippen LogP contribution in [0.1, 0.15) is 106 Å². The second-order valence-corrected chi connectivity index (χ2v) is 15.0. The van der Waals surface area contributed by atoms with Crippen molar-refractivity contribution in [1.82, 2.24) is 0 Å². The number of aliphatic hydroxyl groups excluding tert-OH is 1. The normalized spacial score (nSPS) is 53.6. The molecule has 3 heteroatoms. The van der Waals surface area contributed by atoms with Crippen LogP contribution in [0.3, 0.4) is 0 Å². The summed E-state index contributed by atoms with van der Waals surface area (Å²) in [6, 6.07) is 0. The molecule has 5 fully saturated rings. The molecule has 2 nitrogen and oxygen atoms in total. The second kappa shape index (κ2) is 7.84. The molecular weight excluding hydrogens is 435 g/mol. The van der Waals surface area contributed by atoms with Gasteiger partial charge in [0, 0.05) is 5.41 Å². The van der Waals surface area contributed by atoms with Crippen LogP contribution in [0.2, 0.25) is 0 Å². The van der Waals surface area contributed by atoms with Gasteiger partial charge in [-0.3, -0.25) is 0 Å². The maximum Gasteiger partial charge on any atom is 0.0984 e. The molecule has 192 valence electrons. The van der Waals surface area contributed by atoms with Crippen LogP contribution in [0.4, 0.5) is 0 Å². The van der Waals surface area contributed by atoms with Crippen LogP contribution < -0.4 is 0 Å². The zero-order chi connectivity index (χ0) is 24.9. The first-order valence-corrected chi connectivity index (χ1v) is 14.7. The zero-order valence-electron chi connectivity index (χ0n) is 22.9. The van der Waals surface area contributed by atoms with Crippen molar-refractivity contribution in [2.75, 3.05) is 0 Å². The lowest BCUT2D eigenvalue weighted by molar-refractivity contribution is -0.246.